The smallest absolute Gasteiger partial charge is 0.267 e. The zero-order valence-corrected chi connectivity index (χ0v) is 6.96. The van der Waals surface area contributed by atoms with E-state index in [-0.39, 0.29) is 0 Å². The van der Waals surface area contributed by atoms with Gasteiger partial charge in [-0.15, -0.1) is 0 Å². The molecule has 60 valence electrons. The van der Waals surface area contributed by atoms with Crippen molar-refractivity contribution in [3.63, 3.8) is 0 Å². The third kappa shape index (κ3) is 1.30. The van der Waals surface area contributed by atoms with Crippen molar-refractivity contribution in [3.05, 3.63) is 10.5 Å². The first-order valence-electron chi connectivity index (χ1n) is 3.82. The maximum atomic E-state index is 5.23. The van der Waals surface area contributed by atoms with Crippen molar-refractivity contribution in [1.29, 1.82) is 0 Å². The van der Waals surface area contributed by atoms with Crippen LogP contribution in [-0.4, -0.2) is 11.5 Å². The van der Waals surface area contributed by atoms with Gasteiger partial charge < -0.3 is 14.7 Å². The van der Waals surface area contributed by atoms with Gasteiger partial charge in [-0.25, -0.2) is 0 Å². The predicted molar refractivity (Wildman–Crippen MR) is 45.3 cm³/mol. The highest BCUT2D eigenvalue weighted by Crippen LogP contribution is 2.19. The Bertz CT molecular complexity index is 275. The highest BCUT2D eigenvalue weighted by Gasteiger charge is 2.10. The maximum Gasteiger partial charge on any atom is 0.267 e. The molecule has 4 heteroatoms. The minimum atomic E-state index is 0.476. The van der Waals surface area contributed by atoms with Crippen molar-refractivity contribution >= 4 is 18.1 Å². The van der Waals surface area contributed by atoms with E-state index in [0.717, 1.165) is 24.5 Å². The fourth-order valence-corrected chi connectivity index (χ4v) is 1.51. The minimum absolute atomic E-state index is 0.476. The molecule has 0 saturated heterocycles. The number of fused-ring (bicyclic) bond motifs is 1. The summed E-state index contributed by atoms with van der Waals surface area (Å²) in [5.74, 6) is 0.840. The molecule has 0 unspecified atom stereocenters. The Morgan fingerprint density at radius 2 is 2.27 bits per heavy atom. The highest BCUT2D eigenvalue weighted by atomic mass is 32.1. The number of H-pyrrole nitrogens is 1. The first kappa shape index (κ1) is 6.91. The van der Waals surface area contributed by atoms with Gasteiger partial charge in [-0.1, -0.05) is 0 Å². The van der Waals surface area contributed by atoms with Crippen molar-refractivity contribution < 1.29 is 4.42 Å². The van der Waals surface area contributed by atoms with Crippen LogP contribution in [0.25, 0.3) is 0 Å². The first-order chi connectivity index (χ1) is 5.36. The number of anilines is 1. The number of aromatic nitrogens is 1. The van der Waals surface area contributed by atoms with E-state index in [2.05, 4.69) is 10.3 Å². The molecular weight excluding hydrogens is 160 g/mol. The molecule has 0 aromatic carbocycles. The monoisotopic (exact) mass is 170 g/mol. The van der Waals surface area contributed by atoms with Crippen LogP contribution >= 0.6 is 12.2 Å². The third-order valence-electron chi connectivity index (χ3n) is 1.86. The normalized spacial score (nSPS) is 16.7. The Balaban J connectivity index is 2.39. The van der Waals surface area contributed by atoms with Crippen molar-refractivity contribution in [1.82, 2.24) is 4.98 Å². The van der Waals surface area contributed by atoms with Crippen LogP contribution in [0.1, 0.15) is 18.5 Å². The van der Waals surface area contributed by atoms with Crippen LogP contribution in [0.4, 0.5) is 5.88 Å². The van der Waals surface area contributed by atoms with Gasteiger partial charge in [0.2, 0.25) is 5.88 Å². The van der Waals surface area contributed by atoms with Crippen LogP contribution in [-0.2, 0) is 6.42 Å². The number of nitrogens with one attached hydrogen (secondary N) is 2. The Kier molecular flexibility index (Phi) is 1.69. The van der Waals surface area contributed by atoms with Crippen molar-refractivity contribution in [2.75, 3.05) is 11.9 Å². The van der Waals surface area contributed by atoms with Crippen LogP contribution in [0.2, 0.25) is 0 Å². The SMILES string of the molecule is S=c1[nH]c2c(o1)NCCCC2. The van der Waals surface area contributed by atoms with Gasteiger partial charge >= 0.3 is 0 Å². The number of oxazole rings is 1. The average molecular weight is 170 g/mol. The predicted octanol–water partition coefficient (Wildman–Crippen LogP) is 2.09. The lowest BCUT2D eigenvalue weighted by Crippen LogP contribution is -1.97. The largest absolute Gasteiger partial charge is 0.413 e. The molecular formula is C7H10N2OS. The van der Waals surface area contributed by atoms with Gasteiger partial charge in [-0.2, -0.15) is 0 Å². The van der Waals surface area contributed by atoms with Crippen LogP contribution in [0, 0.1) is 4.84 Å². The molecule has 1 aliphatic heterocycles. The van der Waals surface area contributed by atoms with E-state index in [1.165, 1.54) is 12.8 Å². The fourth-order valence-electron chi connectivity index (χ4n) is 1.31. The van der Waals surface area contributed by atoms with Gasteiger partial charge in [-0.05, 0) is 31.5 Å². The summed E-state index contributed by atoms with van der Waals surface area (Å²) in [5.41, 5.74) is 1.12. The van der Waals surface area contributed by atoms with Crippen molar-refractivity contribution in [2.24, 2.45) is 0 Å². The molecule has 2 rings (SSSR count). The van der Waals surface area contributed by atoms with E-state index in [1.54, 1.807) is 0 Å². The molecule has 0 bridgehead atoms. The van der Waals surface area contributed by atoms with E-state index < -0.39 is 0 Å². The number of aryl methyl sites for hydroxylation is 1. The van der Waals surface area contributed by atoms with Gasteiger partial charge in [-0.3, -0.25) is 0 Å². The summed E-state index contributed by atoms with van der Waals surface area (Å²) in [4.78, 5) is 3.50. The van der Waals surface area contributed by atoms with Crippen LogP contribution in [0.3, 0.4) is 0 Å². The molecule has 0 saturated carbocycles. The fraction of sp³-hybridized carbons (Fsp3) is 0.571. The van der Waals surface area contributed by atoms with Crippen LogP contribution in [0.15, 0.2) is 4.42 Å². The Labute approximate surface area is 69.8 Å². The maximum absolute atomic E-state index is 5.23. The number of hydrogen-bond acceptors (Lipinski definition) is 3. The number of aromatic amines is 1. The molecule has 0 fully saturated rings. The minimum Gasteiger partial charge on any atom is -0.413 e. The van der Waals surface area contributed by atoms with Gasteiger partial charge in [0.25, 0.3) is 4.84 Å². The summed E-state index contributed by atoms with van der Waals surface area (Å²) in [6.07, 6.45) is 3.44. The average Bonchev–Trinajstić information content (AvgIpc) is 2.17. The molecule has 2 heterocycles. The van der Waals surface area contributed by atoms with E-state index in [1.807, 2.05) is 0 Å². The zero-order valence-electron chi connectivity index (χ0n) is 6.14. The molecule has 1 aromatic heterocycles. The summed E-state index contributed by atoms with van der Waals surface area (Å²) < 4.78 is 5.23. The molecule has 0 aliphatic carbocycles. The molecule has 0 atom stereocenters. The lowest BCUT2D eigenvalue weighted by Gasteiger charge is -1.95. The van der Waals surface area contributed by atoms with E-state index in [9.17, 15) is 0 Å². The Hall–Kier alpha value is -0.770. The first-order valence-corrected chi connectivity index (χ1v) is 4.23. The van der Waals surface area contributed by atoms with E-state index in [0.29, 0.717) is 4.84 Å². The number of hydrogen-bond donors (Lipinski definition) is 2. The van der Waals surface area contributed by atoms with E-state index >= 15 is 0 Å². The lowest BCUT2D eigenvalue weighted by atomic mass is 10.2. The van der Waals surface area contributed by atoms with Crippen molar-refractivity contribution in [2.45, 2.75) is 19.3 Å². The summed E-state index contributed by atoms with van der Waals surface area (Å²) in [6, 6.07) is 0. The van der Waals surface area contributed by atoms with Crippen molar-refractivity contribution in [3.8, 4) is 0 Å². The molecule has 3 nitrogen and oxygen atoms in total. The third-order valence-corrected chi connectivity index (χ3v) is 2.05. The number of rotatable bonds is 0. The molecule has 11 heavy (non-hydrogen) atoms. The van der Waals surface area contributed by atoms with E-state index in [4.69, 9.17) is 16.6 Å². The summed E-state index contributed by atoms with van der Waals surface area (Å²) >= 11 is 4.86. The van der Waals surface area contributed by atoms with Gasteiger partial charge in [0, 0.05) is 6.54 Å². The second kappa shape index (κ2) is 2.70. The molecule has 0 spiro atoms. The Morgan fingerprint density at radius 3 is 3.18 bits per heavy atom. The standard InChI is InChI=1S/C7H10N2OS/c11-7-9-5-3-1-2-4-8-6(5)10-7/h8H,1-4H2,(H,9,11). The quantitative estimate of drug-likeness (QED) is 0.586. The van der Waals surface area contributed by atoms with Gasteiger partial charge in [0.05, 0.1) is 5.69 Å². The lowest BCUT2D eigenvalue weighted by molar-refractivity contribution is 0.552. The Morgan fingerprint density at radius 1 is 1.36 bits per heavy atom. The second-order valence-electron chi connectivity index (χ2n) is 2.71. The summed E-state index contributed by atoms with van der Waals surface area (Å²) in [6.45, 7) is 0.989. The highest BCUT2D eigenvalue weighted by molar-refractivity contribution is 7.71. The van der Waals surface area contributed by atoms with Gasteiger partial charge in [0.15, 0.2) is 0 Å². The second-order valence-corrected chi connectivity index (χ2v) is 3.08. The van der Waals surface area contributed by atoms with Crippen LogP contribution < -0.4 is 5.32 Å². The molecule has 0 radical (unpaired) electrons. The van der Waals surface area contributed by atoms with Gasteiger partial charge in [0.1, 0.15) is 0 Å². The molecule has 1 aromatic rings. The topological polar surface area (TPSA) is 41.0 Å². The summed E-state index contributed by atoms with van der Waals surface area (Å²) in [5, 5.41) is 3.18. The molecule has 0 amide bonds. The molecule has 1 aliphatic rings. The zero-order chi connectivity index (χ0) is 7.68. The summed E-state index contributed by atoms with van der Waals surface area (Å²) in [7, 11) is 0. The van der Waals surface area contributed by atoms with Crippen LogP contribution in [0.5, 0.6) is 0 Å². The molecule has 2 N–H and O–H groups in total.